The van der Waals surface area contributed by atoms with Crippen LogP contribution in [0.5, 0.6) is 11.5 Å². The fourth-order valence-corrected chi connectivity index (χ4v) is 5.24. The molecule has 3 aromatic rings. The molecule has 1 fully saturated rings. The molecule has 2 aliphatic heterocycles. The van der Waals surface area contributed by atoms with Crippen LogP contribution in [0, 0.1) is 0 Å². The minimum absolute atomic E-state index is 0. The van der Waals surface area contributed by atoms with Crippen LogP contribution in [0.15, 0.2) is 36.4 Å². The third-order valence-corrected chi connectivity index (χ3v) is 7.12. The van der Waals surface area contributed by atoms with E-state index in [1.54, 1.807) is 17.4 Å². The largest absolute Gasteiger partial charge is 0.486 e. The highest BCUT2D eigenvalue weighted by atomic mass is 35.5. The molecule has 2 aliphatic rings. The van der Waals surface area contributed by atoms with Crippen molar-refractivity contribution in [2.75, 3.05) is 57.5 Å². The van der Waals surface area contributed by atoms with Gasteiger partial charge in [0.15, 0.2) is 16.6 Å². The predicted octanol–water partition coefficient (Wildman–Crippen LogP) is 4.42. The van der Waals surface area contributed by atoms with Gasteiger partial charge in [0, 0.05) is 31.7 Å². The van der Waals surface area contributed by atoms with Gasteiger partial charge in [-0.1, -0.05) is 24.3 Å². The van der Waals surface area contributed by atoms with Gasteiger partial charge in [0.2, 0.25) is 0 Å². The molecule has 0 radical (unpaired) electrons. The molecule has 0 aliphatic carbocycles. The summed E-state index contributed by atoms with van der Waals surface area (Å²) in [6, 6.07) is 11.8. The maximum atomic E-state index is 13.7. The molecule has 1 aromatic heterocycles. The average Bonchev–Trinajstić information content (AvgIpc) is 3.29. The Kier molecular flexibility index (Phi) is 8.26. The molecule has 0 N–H and O–H groups in total. The van der Waals surface area contributed by atoms with Crippen molar-refractivity contribution >= 4 is 45.0 Å². The van der Waals surface area contributed by atoms with Crippen molar-refractivity contribution in [2.24, 2.45) is 0 Å². The number of aryl methyl sites for hydroxylation is 1. The number of hydrogen-bond acceptors (Lipinski definition) is 7. The number of aromatic nitrogens is 1. The van der Waals surface area contributed by atoms with Crippen LogP contribution in [0.4, 0.5) is 5.13 Å². The Morgan fingerprint density at radius 3 is 2.65 bits per heavy atom. The topological polar surface area (TPSA) is 64.1 Å². The third-order valence-electron chi connectivity index (χ3n) is 6.07. The monoisotopic (exact) mass is 503 g/mol. The normalized spacial score (nSPS) is 15.7. The molecule has 0 spiro atoms. The van der Waals surface area contributed by atoms with E-state index in [2.05, 4.69) is 30.0 Å². The van der Waals surface area contributed by atoms with Gasteiger partial charge in [-0.25, -0.2) is 4.98 Å². The summed E-state index contributed by atoms with van der Waals surface area (Å²) in [5, 5.41) is 0.736. The first-order chi connectivity index (χ1) is 16.2. The number of fused-ring (bicyclic) bond motifs is 2. The summed E-state index contributed by atoms with van der Waals surface area (Å²) in [7, 11) is 0. The molecular weight excluding hydrogens is 474 g/mol. The summed E-state index contributed by atoms with van der Waals surface area (Å²) in [5.74, 6) is 1.24. The second-order valence-electron chi connectivity index (χ2n) is 8.27. The Labute approximate surface area is 210 Å². The summed E-state index contributed by atoms with van der Waals surface area (Å²) in [6.07, 6.45) is 1.84. The lowest BCUT2D eigenvalue weighted by Crippen LogP contribution is -2.39. The minimum Gasteiger partial charge on any atom is -0.486 e. The van der Waals surface area contributed by atoms with Gasteiger partial charge in [-0.3, -0.25) is 14.6 Å². The van der Waals surface area contributed by atoms with Crippen LogP contribution in [-0.2, 0) is 11.2 Å². The van der Waals surface area contributed by atoms with Gasteiger partial charge < -0.3 is 14.2 Å². The number of nitrogens with zero attached hydrogens (tertiary/aromatic N) is 3. The van der Waals surface area contributed by atoms with Gasteiger partial charge in [0.05, 0.1) is 23.4 Å². The van der Waals surface area contributed by atoms with Crippen LogP contribution in [-0.4, -0.2) is 68.4 Å². The van der Waals surface area contributed by atoms with Crippen molar-refractivity contribution in [3.63, 3.8) is 0 Å². The van der Waals surface area contributed by atoms with Gasteiger partial charge in [-0.05, 0) is 48.7 Å². The molecule has 0 bridgehead atoms. The van der Waals surface area contributed by atoms with E-state index in [1.807, 2.05) is 17.0 Å². The van der Waals surface area contributed by atoms with E-state index in [0.29, 0.717) is 36.8 Å². The summed E-state index contributed by atoms with van der Waals surface area (Å²) >= 11 is 1.58. The lowest BCUT2D eigenvalue weighted by molar-refractivity contribution is 0.0376. The Bertz CT molecular complexity index is 1130. The van der Waals surface area contributed by atoms with E-state index in [1.165, 1.54) is 5.56 Å². The highest BCUT2D eigenvalue weighted by molar-refractivity contribution is 7.22. The van der Waals surface area contributed by atoms with Crippen molar-refractivity contribution in [3.05, 3.63) is 47.5 Å². The lowest BCUT2D eigenvalue weighted by atomic mass is 10.1. The van der Waals surface area contributed by atoms with Gasteiger partial charge in [-0.2, -0.15) is 0 Å². The number of ether oxygens (including phenoxy) is 3. The van der Waals surface area contributed by atoms with Crippen LogP contribution in [0.25, 0.3) is 10.2 Å². The van der Waals surface area contributed by atoms with Crippen LogP contribution in [0.1, 0.15) is 29.3 Å². The Morgan fingerprint density at radius 1 is 1.06 bits per heavy atom. The van der Waals surface area contributed by atoms with Crippen molar-refractivity contribution in [1.82, 2.24) is 9.88 Å². The Morgan fingerprint density at radius 2 is 1.85 bits per heavy atom. The molecule has 182 valence electrons. The molecular formula is C25H30ClN3O4S. The zero-order valence-corrected chi connectivity index (χ0v) is 21.0. The zero-order valence-electron chi connectivity index (χ0n) is 19.3. The van der Waals surface area contributed by atoms with Gasteiger partial charge in [-0.15, -0.1) is 12.4 Å². The molecule has 2 aromatic carbocycles. The lowest BCUT2D eigenvalue weighted by Gasteiger charge is -2.28. The molecule has 9 heteroatoms. The highest BCUT2D eigenvalue weighted by Crippen LogP contribution is 2.34. The SMILES string of the molecule is CCc1ccc2nc(N(CCCN3CCOCC3)C(=O)c3ccc4c(c3)OCCO4)sc2c1.Cl. The number of rotatable bonds is 7. The Balaban J connectivity index is 0.00000274. The van der Waals surface area contributed by atoms with Gasteiger partial charge in [0.1, 0.15) is 13.2 Å². The molecule has 1 saturated heterocycles. The fraction of sp³-hybridized carbons (Fsp3) is 0.440. The second-order valence-corrected chi connectivity index (χ2v) is 9.28. The number of carbonyl (C=O) groups is 1. The van der Waals surface area contributed by atoms with Crippen LogP contribution < -0.4 is 14.4 Å². The zero-order chi connectivity index (χ0) is 22.6. The van der Waals surface area contributed by atoms with Crippen molar-refractivity contribution in [1.29, 1.82) is 0 Å². The molecule has 1 amide bonds. The van der Waals surface area contributed by atoms with E-state index in [0.717, 1.165) is 61.0 Å². The highest BCUT2D eigenvalue weighted by Gasteiger charge is 2.24. The summed E-state index contributed by atoms with van der Waals surface area (Å²) in [4.78, 5) is 22.7. The molecule has 0 atom stereocenters. The summed E-state index contributed by atoms with van der Waals surface area (Å²) in [6.45, 7) is 8.13. The van der Waals surface area contributed by atoms with E-state index >= 15 is 0 Å². The Hall–Kier alpha value is -2.39. The van der Waals surface area contributed by atoms with Crippen LogP contribution in [0.2, 0.25) is 0 Å². The minimum atomic E-state index is -0.0660. The summed E-state index contributed by atoms with van der Waals surface area (Å²) < 4.78 is 17.9. The first kappa shape index (κ1) is 24.7. The molecule has 0 unspecified atom stereocenters. The van der Waals surface area contributed by atoms with Gasteiger partial charge >= 0.3 is 0 Å². The maximum absolute atomic E-state index is 13.7. The summed E-state index contributed by atoms with van der Waals surface area (Å²) in [5.41, 5.74) is 2.79. The average molecular weight is 504 g/mol. The van der Waals surface area contributed by atoms with E-state index in [4.69, 9.17) is 19.2 Å². The number of benzene rings is 2. The quantitative estimate of drug-likeness (QED) is 0.475. The molecule has 5 rings (SSSR count). The number of thiazole rings is 1. The van der Waals surface area contributed by atoms with E-state index in [-0.39, 0.29) is 18.3 Å². The third kappa shape index (κ3) is 5.46. The smallest absolute Gasteiger partial charge is 0.260 e. The standard InChI is InChI=1S/C25H29N3O4S.ClH/c1-2-18-4-6-20-23(16-18)33-25(26-20)28(9-3-8-27-10-12-30-13-11-27)24(29)19-5-7-21-22(17-19)32-15-14-31-21;/h4-7,16-17H,2-3,8-15H2,1H3;1H. The second kappa shape index (κ2) is 11.4. The van der Waals surface area contributed by atoms with Crippen molar-refractivity contribution in [3.8, 4) is 11.5 Å². The number of hydrogen-bond donors (Lipinski definition) is 0. The van der Waals surface area contributed by atoms with Crippen LogP contribution >= 0.6 is 23.7 Å². The van der Waals surface area contributed by atoms with Crippen LogP contribution in [0.3, 0.4) is 0 Å². The number of anilines is 1. The molecule has 0 saturated carbocycles. The molecule has 34 heavy (non-hydrogen) atoms. The first-order valence-corrected chi connectivity index (χ1v) is 12.4. The number of amides is 1. The molecule has 3 heterocycles. The van der Waals surface area contributed by atoms with E-state index in [9.17, 15) is 4.79 Å². The number of morpholine rings is 1. The fourth-order valence-electron chi connectivity index (χ4n) is 4.19. The maximum Gasteiger partial charge on any atom is 0.260 e. The first-order valence-electron chi connectivity index (χ1n) is 11.6. The molecule has 7 nitrogen and oxygen atoms in total. The number of halogens is 1. The van der Waals surface area contributed by atoms with Gasteiger partial charge in [0.25, 0.3) is 5.91 Å². The number of carbonyl (C=O) groups excluding carboxylic acids is 1. The van der Waals surface area contributed by atoms with Crippen molar-refractivity contribution < 1.29 is 19.0 Å². The van der Waals surface area contributed by atoms with E-state index < -0.39 is 0 Å². The van der Waals surface area contributed by atoms with Crippen molar-refractivity contribution in [2.45, 2.75) is 19.8 Å². The predicted molar refractivity (Wildman–Crippen MR) is 137 cm³/mol.